The van der Waals surface area contributed by atoms with E-state index in [2.05, 4.69) is 10.8 Å². The highest BCUT2D eigenvalue weighted by molar-refractivity contribution is 7.84. The maximum absolute atomic E-state index is 11.9. The van der Waals surface area contributed by atoms with Crippen LogP contribution in [0.2, 0.25) is 0 Å². The predicted octanol–water partition coefficient (Wildman–Crippen LogP) is 2.73. The van der Waals surface area contributed by atoms with Crippen molar-refractivity contribution in [2.75, 3.05) is 0 Å². The van der Waals surface area contributed by atoms with E-state index < -0.39 is 11.0 Å². The zero-order valence-electron chi connectivity index (χ0n) is 9.90. The molecule has 1 rings (SSSR count). The van der Waals surface area contributed by atoms with Gasteiger partial charge in [0.15, 0.2) is 0 Å². The Morgan fingerprint density at radius 3 is 2.62 bits per heavy atom. The molecule has 88 valence electrons. The molecule has 0 saturated carbocycles. The lowest BCUT2D eigenvalue weighted by molar-refractivity contribution is 0.618. The fourth-order valence-electron chi connectivity index (χ4n) is 1.03. The smallest absolute Gasteiger partial charge is 0.100 e. The van der Waals surface area contributed by atoms with Crippen LogP contribution in [0.15, 0.2) is 11.4 Å². The van der Waals surface area contributed by atoms with Gasteiger partial charge in [0.25, 0.3) is 0 Å². The second-order valence-electron chi connectivity index (χ2n) is 4.57. The van der Waals surface area contributed by atoms with Crippen molar-refractivity contribution < 1.29 is 4.21 Å². The lowest BCUT2D eigenvalue weighted by Gasteiger charge is -2.21. The quantitative estimate of drug-likeness (QED) is 0.904. The van der Waals surface area contributed by atoms with Crippen molar-refractivity contribution in [3.63, 3.8) is 0 Å². The van der Waals surface area contributed by atoms with Gasteiger partial charge in [-0.1, -0.05) is 0 Å². The van der Waals surface area contributed by atoms with Crippen molar-refractivity contribution in [3.05, 3.63) is 21.9 Å². The van der Waals surface area contributed by atoms with E-state index in [0.717, 1.165) is 4.88 Å². The van der Waals surface area contributed by atoms with Crippen molar-refractivity contribution in [3.8, 4) is 6.07 Å². The van der Waals surface area contributed by atoms with Crippen LogP contribution in [-0.4, -0.2) is 8.96 Å². The van der Waals surface area contributed by atoms with Gasteiger partial charge in [0.05, 0.1) is 27.3 Å². The Hall–Kier alpha value is -0.700. The average molecular weight is 256 g/mol. The number of thiophene rings is 1. The summed E-state index contributed by atoms with van der Waals surface area (Å²) in [5, 5.41) is 10.5. The largest absolute Gasteiger partial charge is 0.242 e. The first-order valence-corrected chi connectivity index (χ1v) is 7.04. The average Bonchev–Trinajstić information content (AvgIpc) is 2.64. The molecule has 1 aromatic rings. The van der Waals surface area contributed by atoms with E-state index in [4.69, 9.17) is 5.26 Å². The van der Waals surface area contributed by atoms with Crippen LogP contribution in [-0.2, 0) is 11.0 Å². The molecule has 0 spiro atoms. The standard InChI is InChI=1S/C11H16N2OS2/c1-8(13-16(14)11(2,3)4)10-5-9(6-12)7-15-10/h5,7-8,13H,1-4H3/t8-,16?/m1/s1. The number of nitriles is 1. The van der Waals surface area contributed by atoms with Gasteiger partial charge in [-0.25, -0.2) is 8.93 Å². The minimum atomic E-state index is -1.09. The highest BCUT2D eigenvalue weighted by Crippen LogP contribution is 2.23. The molecule has 1 unspecified atom stereocenters. The molecule has 0 aromatic carbocycles. The molecular weight excluding hydrogens is 240 g/mol. The molecule has 0 saturated heterocycles. The minimum absolute atomic E-state index is 0.00663. The van der Waals surface area contributed by atoms with Crippen LogP contribution < -0.4 is 4.72 Å². The van der Waals surface area contributed by atoms with Crippen LogP contribution >= 0.6 is 11.3 Å². The lowest BCUT2D eigenvalue weighted by Crippen LogP contribution is -2.34. The van der Waals surface area contributed by atoms with Crippen molar-refractivity contribution in [2.45, 2.75) is 38.5 Å². The molecule has 0 aliphatic carbocycles. The van der Waals surface area contributed by atoms with Crippen LogP contribution in [0.1, 0.15) is 44.2 Å². The second kappa shape index (κ2) is 5.09. The Balaban J connectivity index is 2.70. The number of hydrogen-bond donors (Lipinski definition) is 1. The molecule has 3 nitrogen and oxygen atoms in total. The number of rotatable bonds is 3. The molecule has 0 aliphatic heterocycles. The van der Waals surface area contributed by atoms with E-state index in [1.165, 1.54) is 11.3 Å². The maximum Gasteiger partial charge on any atom is 0.100 e. The van der Waals surface area contributed by atoms with Crippen LogP contribution in [0.4, 0.5) is 0 Å². The summed E-state index contributed by atoms with van der Waals surface area (Å²) in [6.07, 6.45) is 0. The summed E-state index contributed by atoms with van der Waals surface area (Å²) in [6.45, 7) is 7.74. The topological polar surface area (TPSA) is 52.9 Å². The zero-order chi connectivity index (χ0) is 12.3. The van der Waals surface area contributed by atoms with Gasteiger partial charge in [-0.15, -0.1) is 11.3 Å². The summed E-state index contributed by atoms with van der Waals surface area (Å²) in [5.74, 6) is 0. The molecule has 0 aliphatic rings. The van der Waals surface area contributed by atoms with Gasteiger partial charge >= 0.3 is 0 Å². The first-order valence-electron chi connectivity index (χ1n) is 5.01. The van der Waals surface area contributed by atoms with E-state index in [0.29, 0.717) is 5.56 Å². The molecule has 1 N–H and O–H groups in total. The highest BCUT2D eigenvalue weighted by atomic mass is 32.2. The Morgan fingerprint density at radius 1 is 1.56 bits per heavy atom. The van der Waals surface area contributed by atoms with E-state index in [9.17, 15) is 4.21 Å². The normalized spacial score (nSPS) is 15.4. The third kappa shape index (κ3) is 3.41. The lowest BCUT2D eigenvalue weighted by atomic mass is 10.2. The highest BCUT2D eigenvalue weighted by Gasteiger charge is 2.22. The van der Waals surface area contributed by atoms with Crippen molar-refractivity contribution in [1.82, 2.24) is 4.72 Å². The van der Waals surface area contributed by atoms with Crippen molar-refractivity contribution in [2.24, 2.45) is 0 Å². The molecule has 1 heterocycles. The summed E-state index contributed by atoms with van der Waals surface area (Å²) in [4.78, 5) is 1.04. The molecule has 0 amide bonds. The van der Waals surface area contributed by atoms with Gasteiger partial charge in [0.1, 0.15) is 6.07 Å². The fraction of sp³-hybridized carbons (Fsp3) is 0.545. The van der Waals surface area contributed by atoms with Gasteiger partial charge in [-0.3, -0.25) is 0 Å². The number of hydrogen-bond acceptors (Lipinski definition) is 3. The molecule has 1 aromatic heterocycles. The van der Waals surface area contributed by atoms with Crippen molar-refractivity contribution >= 4 is 22.3 Å². The van der Waals surface area contributed by atoms with Gasteiger partial charge < -0.3 is 0 Å². The van der Waals surface area contributed by atoms with Crippen LogP contribution in [0.3, 0.4) is 0 Å². The Morgan fingerprint density at radius 2 is 2.19 bits per heavy atom. The first-order chi connectivity index (χ1) is 7.34. The third-order valence-electron chi connectivity index (χ3n) is 2.02. The first kappa shape index (κ1) is 13.4. The summed E-state index contributed by atoms with van der Waals surface area (Å²) in [6, 6.07) is 3.93. The van der Waals surface area contributed by atoms with E-state index >= 15 is 0 Å². The van der Waals surface area contributed by atoms with Crippen LogP contribution in [0.5, 0.6) is 0 Å². The summed E-state index contributed by atoms with van der Waals surface area (Å²) < 4.78 is 14.6. The van der Waals surface area contributed by atoms with E-state index in [-0.39, 0.29) is 10.8 Å². The second-order valence-corrected chi connectivity index (χ2v) is 7.51. The molecule has 0 radical (unpaired) electrons. The molecule has 2 atom stereocenters. The molecular formula is C11H16N2OS2. The van der Waals surface area contributed by atoms with Crippen molar-refractivity contribution in [1.29, 1.82) is 5.26 Å². The fourth-order valence-corrected chi connectivity index (χ4v) is 2.75. The van der Waals surface area contributed by atoms with Gasteiger partial charge in [-0.05, 0) is 33.8 Å². The number of nitrogens with zero attached hydrogens (tertiary/aromatic N) is 1. The van der Waals surface area contributed by atoms with Gasteiger partial charge in [0.2, 0.25) is 0 Å². The number of nitrogens with one attached hydrogen (secondary N) is 1. The third-order valence-corrected chi connectivity index (χ3v) is 4.81. The van der Waals surface area contributed by atoms with Gasteiger partial charge in [0, 0.05) is 10.3 Å². The Bertz CT molecular complexity index is 426. The monoisotopic (exact) mass is 256 g/mol. The molecule has 0 fully saturated rings. The van der Waals surface area contributed by atoms with E-state index in [1.807, 2.05) is 39.1 Å². The Labute approximate surface area is 103 Å². The maximum atomic E-state index is 11.9. The Kier molecular flexibility index (Phi) is 4.25. The minimum Gasteiger partial charge on any atom is -0.242 e. The predicted molar refractivity (Wildman–Crippen MR) is 68.5 cm³/mol. The zero-order valence-corrected chi connectivity index (χ0v) is 11.5. The molecule has 0 bridgehead atoms. The molecule has 16 heavy (non-hydrogen) atoms. The summed E-state index contributed by atoms with van der Waals surface area (Å²) >= 11 is 1.52. The summed E-state index contributed by atoms with van der Waals surface area (Å²) in [5.41, 5.74) is 0.662. The molecule has 5 heteroatoms. The SMILES string of the molecule is C[C@@H](NS(=O)C(C)(C)C)c1cc(C#N)cs1. The van der Waals surface area contributed by atoms with E-state index in [1.54, 1.807) is 0 Å². The van der Waals surface area contributed by atoms with Crippen LogP contribution in [0, 0.1) is 11.3 Å². The van der Waals surface area contributed by atoms with Crippen LogP contribution in [0.25, 0.3) is 0 Å². The van der Waals surface area contributed by atoms with Gasteiger partial charge in [-0.2, -0.15) is 5.26 Å². The summed E-state index contributed by atoms with van der Waals surface area (Å²) in [7, 11) is -1.09.